The van der Waals surface area contributed by atoms with Gasteiger partial charge in [-0.3, -0.25) is 14.2 Å². The number of carbonyl (C=O) groups is 1. The molecule has 3 aliphatic heterocycles. The maximum atomic E-state index is 12.2. The zero-order chi connectivity index (χ0) is 23.4. The maximum Gasteiger partial charge on any atom is 0.210 e. The Bertz CT molecular complexity index is 1380. The first-order valence-corrected chi connectivity index (χ1v) is 13.6. The summed E-state index contributed by atoms with van der Waals surface area (Å²) in [6, 6.07) is 6.39. The fraction of sp³-hybridized carbons (Fsp3) is 0.458. The van der Waals surface area contributed by atoms with E-state index >= 15 is 0 Å². The van der Waals surface area contributed by atoms with E-state index in [2.05, 4.69) is 28.2 Å². The molecule has 3 aliphatic rings. The second-order valence-corrected chi connectivity index (χ2v) is 11.8. The number of amides is 1. The van der Waals surface area contributed by atoms with Crippen molar-refractivity contribution in [2.24, 2.45) is 7.05 Å². The SMILES string of the molecule is Cn1cc(-c2ccc3c(c2)CCCN3c2nn(C3CCS(=O)(=O)C3)c3c2CN(C=O)CC3)cn1. The van der Waals surface area contributed by atoms with Gasteiger partial charge in [0.25, 0.3) is 0 Å². The van der Waals surface area contributed by atoms with Gasteiger partial charge in [0.15, 0.2) is 15.7 Å². The van der Waals surface area contributed by atoms with Crippen molar-refractivity contribution in [3.05, 3.63) is 47.4 Å². The summed E-state index contributed by atoms with van der Waals surface area (Å²) < 4.78 is 28.2. The van der Waals surface area contributed by atoms with Gasteiger partial charge in [-0.15, -0.1) is 0 Å². The number of carbonyl (C=O) groups excluding carboxylic acids is 1. The van der Waals surface area contributed by atoms with Crippen LogP contribution in [-0.4, -0.2) is 63.9 Å². The lowest BCUT2D eigenvalue weighted by Crippen LogP contribution is -2.32. The monoisotopic (exact) mass is 480 g/mol. The topological polar surface area (TPSA) is 93.3 Å². The molecule has 1 atom stereocenters. The van der Waals surface area contributed by atoms with E-state index in [0.29, 0.717) is 25.9 Å². The van der Waals surface area contributed by atoms with Gasteiger partial charge in [0, 0.05) is 55.3 Å². The van der Waals surface area contributed by atoms with Crippen LogP contribution in [0, 0.1) is 0 Å². The van der Waals surface area contributed by atoms with Crippen molar-refractivity contribution in [2.75, 3.05) is 29.5 Å². The van der Waals surface area contributed by atoms with E-state index in [4.69, 9.17) is 5.10 Å². The molecular formula is C24H28N6O3S. The molecule has 1 aromatic carbocycles. The smallest absolute Gasteiger partial charge is 0.210 e. The Hall–Kier alpha value is -3.14. The molecule has 0 aliphatic carbocycles. The summed E-state index contributed by atoms with van der Waals surface area (Å²) in [7, 11) is -1.11. The summed E-state index contributed by atoms with van der Waals surface area (Å²) in [6.45, 7) is 1.98. The number of hydrogen-bond acceptors (Lipinski definition) is 6. The Balaban J connectivity index is 1.42. The van der Waals surface area contributed by atoms with Crippen molar-refractivity contribution >= 4 is 27.8 Å². The molecule has 1 amide bonds. The van der Waals surface area contributed by atoms with Gasteiger partial charge in [-0.2, -0.15) is 10.2 Å². The number of aromatic nitrogens is 4. The van der Waals surface area contributed by atoms with Crippen LogP contribution in [0.1, 0.15) is 35.7 Å². The number of rotatable bonds is 4. The van der Waals surface area contributed by atoms with E-state index in [9.17, 15) is 13.2 Å². The third-order valence-corrected chi connectivity index (χ3v) is 9.04. The molecule has 6 rings (SSSR count). The van der Waals surface area contributed by atoms with Crippen molar-refractivity contribution in [3.8, 4) is 11.1 Å². The molecule has 9 nitrogen and oxygen atoms in total. The average Bonchev–Trinajstić information content (AvgIpc) is 3.54. The molecule has 34 heavy (non-hydrogen) atoms. The highest BCUT2D eigenvalue weighted by Gasteiger charge is 2.36. The highest BCUT2D eigenvalue weighted by atomic mass is 32.2. The lowest BCUT2D eigenvalue weighted by molar-refractivity contribution is -0.118. The minimum absolute atomic E-state index is 0.132. The second kappa shape index (κ2) is 7.97. The van der Waals surface area contributed by atoms with Crippen LogP contribution in [0.25, 0.3) is 11.1 Å². The molecule has 1 saturated heterocycles. The molecule has 0 N–H and O–H groups in total. The third kappa shape index (κ3) is 3.60. The van der Waals surface area contributed by atoms with Crippen LogP contribution in [0.5, 0.6) is 0 Å². The van der Waals surface area contributed by atoms with Gasteiger partial charge in [-0.1, -0.05) is 6.07 Å². The first kappa shape index (κ1) is 21.4. The predicted octanol–water partition coefficient (Wildman–Crippen LogP) is 2.24. The molecule has 178 valence electrons. The quantitative estimate of drug-likeness (QED) is 0.532. The largest absolute Gasteiger partial charge is 0.340 e. The number of fused-ring (bicyclic) bond motifs is 2. The Labute approximate surface area is 198 Å². The highest BCUT2D eigenvalue weighted by molar-refractivity contribution is 7.91. The average molecular weight is 481 g/mol. The minimum atomic E-state index is -3.03. The van der Waals surface area contributed by atoms with Gasteiger partial charge in [-0.25, -0.2) is 8.42 Å². The van der Waals surface area contributed by atoms with Gasteiger partial charge in [-0.05, 0) is 42.5 Å². The molecule has 0 spiro atoms. The maximum absolute atomic E-state index is 12.2. The fourth-order valence-corrected chi connectivity index (χ4v) is 7.29. The zero-order valence-corrected chi connectivity index (χ0v) is 20.0. The predicted molar refractivity (Wildman–Crippen MR) is 129 cm³/mol. The fourth-order valence-electron chi connectivity index (χ4n) is 5.59. The van der Waals surface area contributed by atoms with Crippen LogP contribution in [0.2, 0.25) is 0 Å². The van der Waals surface area contributed by atoms with E-state index in [1.165, 1.54) is 5.56 Å². The van der Waals surface area contributed by atoms with Gasteiger partial charge >= 0.3 is 0 Å². The molecule has 5 heterocycles. The number of sulfone groups is 1. The third-order valence-electron chi connectivity index (χ3n) is 7.29. The number of hydrogen-bond donors (Lipinski definition) is 0. The highest BCUT2D eigenvalue weighted by Crippen LogP contribution is 2.40. The Morgan fingerprint density at radius 2 is 2.03 bits per heavy atom. The van der Waals surface area contributed by atoms with Crippen molar-refractivity contribution in [2.45, 2.75) is 38.3 Å². The molecule has 0 radical (unpaired) electrons. The standard InChI is InChI=1S/C24H28N6O3S/c1-27-13-19(12-25-27)17-4-5-22-18(11-17)3-2-8-29(22)24-21-14-28(16-31)9-6-23(21)30(26-24)20-7-10-34(32,33)15-20/h4-5,11-13,16,20H,2-3,6-10,14-15H2,1H3. The van der Waals surface area contributed by atoms with Crippen LogP contribution in [0.4, 0.5) is 11.5 Å². The lowest BCUT2D eigenvalue weighted by atomic mass is 9.96. The molecule has 10 heteroatoms. The normalized spacial score (nSPS) is 21.4. The summed E-state index contributed by atoms with van der Waals surface area (Å²) in [5.74, 6) is 1.22. The van der Waals surface area contributed by atoms with E-state index in [-0.39, 0.29) is 17.5 Å². The molecule has 0 bridgehead atoms. The Morgan fingerprint density at radius 1 is 1.15 bits per heavy atom. The Kier molecular flexibility index (Phi) is 5.02. The first-order valence-electron chi connectivity index (χ1n) is 11.8. The van der Waals surface area contributed by atoms with Crippen molar-refractivity contribution in [3.63, 3.8) is 0 Å². The van der Waals surface area contributed by atoms with E-state index in [1.807, 2.05) is 28.8 Å². The van der Waals surface area contributed by atoms with Gasteiger partial charge < -0.3 is 9.80 Å². The number of benzene rings is 1. The number of anilines is 2. The molecule has 0 saturated carbocycles. The van der Waals surface area contributed by atoms with Crippen LogP contribution in [0.15, 0.2) is 30.6 Å². The molecule has 3 aromatic rings. The van der Waals surface area contributed by atoms with Gasteiger partial charge in [0.1, 0.15) is 0 Å². The lowest BCUT2D eigenvalue weighted by Gasteiger charge is -2.32. The van der Waals surface area contributed by atoms with E-state index in [0.717, 1.165) is 59.7 Å². The van der Waals surface area contributed by atoms with Crippen LogP contribution < -0.4 is 4.90 Å². The van der Waals surface area contributed by atoms with Crippen molar-refractivity contribution in [1.82, 2.24) is 24.5 Å². The second-order valence-electron chi connectivity index (χ2n) is 9.58. The number of aryl methyl sites for hydroxylation is 2. The zero-order valence-electron chi connectivity index (χ0n) is 19.2. The van der Waals surface area contributed by atoms with Crippen LogP contribution >= 0.6 is 0 Å². The van der Waals surface area contributed by atoms with Gasteiger partial charge in [0.05, 0.1) is 30.3 Å². The first-order chi connectivity index (χ1) is 16.4. The van der Waals surface area contributed by atoms with Crippen LogP contribution in [0.3, 0.4) is 0 Å². The molecular weight excluding hydrogens is 452 g/mol. The molecule has 2 aromatic heterocycles. The number of nitrogens with zero attached hydrogens (tertiary/aromatic N) is 6. The molecule has 1 fully saturated rings. The minimum Gasteiger partial charge on any atom is -0.340 e. The summed E-state index contributed by atoms with van der Waals surface area (Å²) in [5.41, 5.74) is 6.76. The van der Waals surface area contributed by atoms with Gasteiger partial charge in [0.2, 0.25) is 6.41 Å². The molecule has 1 unspecified atom stereocenters. The summed E-state index contributed by atoms with van der Waals surface area (Å²) in [6.07, 6.45) is 8.07. The summed E-state index contributed by atoms with van der Waals surface area (Å²) in [5, 5.41) is 9.34. The Morgan fingerprint density at radius 3 is 2.76 bits per heavy atom. The van der Waals surface area contributed by atoms with Crippen LogP contribution in [-0.2, 0) is 41.1 Å². The van der Waals surface area contributed by atoms with Crippen molar-refractivity contribution in [1.29, 1.82) is 0 Å². The van der Waals surface area contributed by atoms with E-state index < -0.39 is 9.84 Å². The van der Waals surface area contributed by atoms with Crippen molar-refractivity contribution < 1.29 is 13.2 Å². The summed E-state index contributed by atoms with van der Waals surface area (Å²) >= 11 is 0. The van der Waals surface area contributed by atoms with E-state index in [1.54, 1.807) is 4.90 Å². The summed E-state index contributed by atoms with van der Waals surface area (Å²) in [4.78, 5) is 15.6.